The van der Waals surface area contributed by atoms with Crippen LogP contribution < -0.4 is 10.1 Å². The molecule has 3 amide bonds. The average Bonchev–Trinajstić information content (AvgIpc) is 2.76. The van der Waals surface area contributed by atoms with E-state index >= 15 is 0 Å². The van der Waals surface area contributed by atoms with Crippen molar-refractivity contribution in [2.45, 2.75) is 45.6 Å². The van der Waals surface area contributed by atoms with Gasteiger partial charge in [0.25, 0.3) is 5.91 Å². The summed E-state index contributed by atoms with van der Waals surface area (Å²) in [6, 6.07) is 5.32. The molecular weight excluding hydrogens is 280 g/mol. The Kier molecular flexibility index (Phi) is 4.74. The van der Waals surface area contributed by atoms with E-state index in [2.05, 4.69) is 5.32 Å². The predicted octanol–water partition coefficient (Wildman–Crippen LogP) is 2.96. The molecule has 0 bridgehead atoms. The minimum atomic E-state index is -0.956. The summed E-state index contributed by atoms with van der Waals surface area (Å²) >= 11 is 0. The summed E-state index contributed by atoms with van der Waals surface area (Å²) in [6.07, 6.45) is 2.28. The van der Waals surface area contributed by atoms with Crippen LogP contribution in [-0.4, -0.2) is 30.5 Å². The second kappa shape index (κ2) is 6.38. The van der Waals surface area contributed by atoms with Gasteiger partial charge in [-0.2, -0.15) is 0 Å². The number of carbonyl (C=O) groups excluding carboxylic acids is 2. The van der Waals surface area contributed by atoms with Gasteiger partial charge in [0.2, 0.25) is 0 Å². The highest BCUT2D eigenvalue weighted by atomic mass is 16.5. The van der Waals surface area contributed by atoms with Gasteiger partial charge in [-0.1, -0.05) is 26.3 Å². The highest BCUT2D eigenvalue weighted by Gasteiger charge is 2.50. The lowest BCUT2D eigenvalue weighted by Gasteiger charge is -2.26. The largest absolute Gasteiger partial charge is 0.496 e. The maximum atomic E-state index is 12.9. The number of methoxy groups -OCH3 is 1. The van der Waals surface area contributed by atoms with E-state index in [0.29, 0.717) is 13.0 Å². The first-order valence-electron chi connectivity index (χ1n) is 7.79. The number of ether oxygens (including phenoxy) is 1. The van der Waals surface area contributed by atoms with E-state index in [-0.39, 0.29) is 11.9 Å². The zero-order chi connectivity index (χ0) is 16.3. The highest BCUT2D eigenvalue weighted by Crippen LogP contribution is 2.34. The molecule has 0 spiro atoms. The predicted molar refractivity (Wildman–Crippen MR) is 84.9 cm³/mol. The van der Waals surface area contributed by atoms with E-state index in [1.54, 1.807) is 7.11 Å². The van der Waals surface area contributed by atoms with Gasteiger partial charge in [-0.05, 0) is 43.0 Å². The lowest BCUT2D eigenvalue weighted by atomic mass is 9.86. The van der Waals surface area contributed by atoms with Crippen LogP contribution in [0.25, 0.3) is 0 Å². The Labute approximate surface area is 131 Å². The van der Waals surface area contributed by atoms with Crippen molar-refractivity contribution in [3.05, 3.63) is 29.3 Å². The molecule has 0 saturated carbocycles. The molecule has 1 saturated heterocycles. The van der Waals surface area contributed by atoms with E-state index in [0.717, 1.165) is 29.7 Å². The summed E-state index contributed by atoms with van der Waals surface area (Å²) in [5.74, 6) is 0.618. The van der Waals surface area contributed by atoms with Crippen LogP contribution in [0.2, 0.25) is 0 Å². The summed E-state index contributed by atoms with van der Waals surface area (Å²) in [4.78, 5) is 26.4. The molecular formula is C17H24N2O3. The molecule has 0 radical (unpaired) electrons. The normalized spacial score (nSPS) is 21.2. The van der Waals surface area contributed by atoms with Crippen LogP contribution in [0, 0.1) is 6.92 Å². The lowest BCUT2D eigenvalue weighted by molar-refractivity contribution is -0.131. The van der Waals surface area contributed by atoms with Gasteiger partial charge in [-0.3, -0.25) is 9.69 Å². The van der Waals surface area contributed by atoms with Crippen LogP contribution in [0.3, 0.4) is 0 Å². The number of amides is 3. The number of urea groups is 1. The molecule has 2 rings (SSSR count). The van der Waals surface area contributed by atoms with Crippen LogP contribution in [0.4, 0.5) is 4.79 Å². The van der Waals surface area contributed by atoms with Gasteiger partial charge in [0.15, 0.2) is 0 Å². The van der Waals surface area contributed by atoms with E-state index in [4.69, 9.17) is 4.74 Å². The second-order valence-corrected chi connectivity index (χ2v) is 5.68. The van der Waals surface area contributed by atoms with Crippen LogP contribution in [0.15, 0.2) is 18.2 Å². The third-order valence-corrected chi connectivity index (χ3v) is 4.33. The smallest absolute Gasteiger partial charge is 0.325 e. The van der Waals surface area contributed by atoms with Gasteiger partial charge in [0.1, 0.15) is 11.3 Å². The first-order chi connectivity index (χ1) is 10.5. The van der Waals surface area contributed by atoms with Gasteiger partial charge in [0, 0.05) is 6.54 Å². The first-order valence-corrected chi connectivity index (χ1v) is 7.79. The summed E-state index contributed by atoms with van der Waals surface area (Å²) in [5.41, 5.74) is 0.800. The first kappa shape index (κ1) is 16.3. The topological polar surface area (TPSA) is 58.6 Å². The maximum Gasteiger partial charge on any atom is 0.325 e. The molecule has 1 atom stereocenters. The molecule has 1 aliphatic heterocycles. The van der Waals surface area contributed by atoms with Crippen molar-refractivity contribution in [2.75, 3.05) is 13.7 Å². The molecule has 5 nitrogen and oxygen atoms in total. The van der Waals surface area contributed by atoms with Crippen molar-refractivity contribution in [2.24, 2.45) is 0 Å². The number of imide groups is 1. The fraction of sp³-hybridized carbons (Fsp3) is 0.529. The number of hydrogen-bond acceptors (Lipinski definition) is 3. The molecule has 1 aromatic carbocycles. The molecule has 22 heavy (non-hydrogen) atoms. The number of rotatable bonds is 6. The maximum absolute atomic E-state index is 12.9. The fourth-order valence-corrected chi connectivity index (χ4v) is 2.93. The van der Waals surface area contributed by atoms with Crippen molar-refractivity contribution in [3.8, 4) is 5.75 Å². The van der Waals surface area contributed by atoms with Gasteiger partial charge in [0.05, 0.1) is 7.11 Å². The van der Waals surface area contributed by atoms with Crippen LogP contribution in [0.1, 0.15) is 44.2 Å². The number of nitrogens with one attached hydrogen (secondary N) is 1. The van der Waals surface area contributed by atoms with Crippen LogP contribution in [-0.2, 0) is 10.3 Å². The Morgan fingerprint density at radius 2 is 2.00 bits per heavy atom. The molecule has 1 unspecified atom stereocenters. The van der Waals surface area contributed by atoms with E-state index < -0.39 is 5.54 Å². The number of hydrogen-bond donors (Lipinski definition) is 1. The second-order valence-electron chi connectivity index (χ2n) is 5.68. The van der Waals surface area contributed by atoms with Gasteiger partial charge < -0.3 is 10.1 Å². The highest BCUT2D eigenvalue weighted by molar-refractivity contribution is 6.07. The molecule has 1 fully saturated rings. The zero-order valence-corrected chi connectivity index (χ0v) is 13.7. The van der Waals surface area contributed by atoms with E-state index in [1.165, 1.54) is 4.90 Å². The quantitative estimate of drug-likeness (QED) is 0.822. The third kappa shape index (κ3) is 2.56. The number of carbonyl (C=O) groups is 2. The monoisotopic (exact) mass is 304 g/mol. The standard InChI is InChI=1S/C17H24N2O3/c1-5-7-10-19-15(20)17(6-2,18-16(19)21)13-8-9-14(22-4)12(3)11-13/h8-9,11H,5-7,10H2,1-4H3,(H,18,21). The van der Waals surface area contributed by atoms with Gasteiger partial charge in [-0.25, -0.2) is 4.79 Å². The van der Waals surface area contributed by atoms with Crippen molar-refractivity contribution < 1.29 is 14.3 Å². The zero-order valence-electron chi connectivity index (χ0n) is 13.7. The number of unbranched alkanes of at least 4 members (excludes halogenated alkanes) is 1. The molecule has 120 valence electrons. The third-order valence-electron chi connectivity index (χ3n) is 4.33. The number of benzene rings is 1. The van der Waals surface area contributed by atoms with Crippen molar-refractivity contribution in [3.63, 3.8) is 0 Å². The Hall–Kier alpha value is -2.04. The Morgan fingerprint density at radius 1 is 1.27 bits per heavy atom. The van der Waals surface area contributed by atoms with Crippen LogP contribution >= 0.6 is 0 Å². The Morgan fingerprint density at radius 3 is 2.55 bits per heavy atom. The van der Waals surface area contributed by atoms with E-state index in [9.17, 15) is 9.59 Å². The number of nitrogens with zero attached hydrogens (tertiary/aromatic N) is 1. The van der Waals surface area contributed by atoms with Crippen molar-refractivity contribution in [1.29, 1.82) is 0 Å². The minimum Gasteiger partial charge on any atom is -0.496 e. The van der Waals surface area contributed by atoms with Crippen molar-refractivity contribution in [1.82, 2.24) is 10.2 Å². The van der Waals surface area contributed by atoms with E-state index in [1.807, 2.05) is 39.0 Å². The molecule has 1 heterocycles. The van der Waals surface area contributed by atoms with Crippen molar-refractivity contribution >= 4 is 11.9 Å². The molecule has 1 aliphatic rings. The summed E-state index contributed by atoms with van der Waals surface area (Å²) in [7, 11) is 1.62. The molecule has 1 aromatic rings. The molecule has 1 N–H and O–H groups in total. The molecule has 0 aliphatic carbocycles. The lowest BCUT2D eigenvalue weighted by Crippen LogP contribution is -2.43. The summed E-state index contributed by atoms with van der Waals surface area (Å²) in [6.45, 7) is 6.36. The minimum absolute atomic E-state index is 0.155. The van der Waals surface area contributed by atoms with Gasteiger partial charge >= 0.3 is 6.03 Å². The van der Waals surface area contributed by atoms with Crippen LogP contribution in [0.5, 0.6) is 5.75 Å². The fourth-order valence-electron chi connectivity index (χ4n) is 2.93. The summed E-state index contributed by atoms with van der Waals surface area (Å²) in [5, 5.41) is 2.90. The average molecular weight is 304 g/mol. The SMILES string of the molecule is CCCCN1C(=O)NC(CC)(c2ccc(OC)c(C)c2)C1=O. The molecule has 0 aromatic heterocycles. The Balaban J connectivity index is 2.39. The Bertz CT molecular complexity index is 585. The summed E-state index contributed by atoms with van der Waals surface area (Å²) < 4.78 is 5.27. The number of aryl methyl sites for hydroxylation is 1. The van der Waals surface area contributed by atoms with Gasteiger partial charge in [-0.15, -0.1) is 0 Å². The molecule has 5 heteroatoms.